The minimum Gasteiger partial charge on any atom is -0.497 e. The molecule has 1 aromatic heterocycles. The van der Waals surface area contributed by atoms with Gasteiger partial charge in [-0.05, 0) is 57.0 Å². The number of H-pyrrole nitrogens is 1. The number of fused-ring (bicyclic) bond motifs is 1. The van der Waals surface area contributed by atoms with Crippen molar-refractivity contribution in [2.45, 2.75) is 38.8 Å². The lowest BCUT2D eigenvalue weighted by molar-refractivity contribution is -0.137. The second-order valence-electron chi connectivity index (χ2n) is 9.25. The largest absolute Gasteiger partial charge is 0.497 e. The Morgan fingerprint density at radius 2 is 1.80 bits per heavy atom. The van der Waals surface area contributed by atoms with Crippen LogP contribution in [0, 0.1) is 0 Å². The van der Waals surface area contributed by atoms with Crippen molar-refractivity contribution in [2.75, 3.05) is 20.2 Å². The van der Waals surface area contributed by atoms with E-state index in [1.165, 1.54) is 4.90 Å². The molecule has 0 fully saturated rings. The van der Waals surface area contributed by atoms with Crippen LogP contribution >= 0.6 is 0 Å². The topological polar surface area (TPSA) is 121 Å². The molecule has 0 radical (unpaired) electrons. The number of alkyl carbamates (subject to hydrolysis) is 1. The maximum absolute atomic E-state index is 13.4. The van der Waals surface area contributed by atoms with Crippen molar-refractivity contribution in [3.8, 4) is 5.75 Å². The molecule has 0 unspecified atom stereocenters. The second kappa shape index (κ2) is 10.9. The number of nitrogens with one attached hydrogen (secondary N) is 2. The van der Waals surface area contributed by atoms with Crippen molar-refractivity contribution in [1.29, 1.82) is 0 Å². The Morgan fingerprint density at radius 3 is 2.43 bits per heavy atom. The van der Waals surface area contributed by atoms with Crippen molar-refractivity contribution >= 4 is 28.9 Å². The summed E-state index contributed by atoms with van der Waals surface area (Å²) in [5, 5.41) is 13.1. The zero-order valence-electron chi connectivity index (χ0n) is 20.3. The number of aromatic nitrogens is 1. The van der Waals surface area contributed by atoms with E-state index in [1.807, 2.05) is 30.3 Å². The van der Waals surface area contributed by atoms with E-state index in [9.17, 15) is 19.5 Å². The van der Waals surface area contributed by atoms with E-state index in [0.29, 0.717) is 12.2 Å². The molecule has 0 aliphatic carbocycles. The van der Waals surface area contributed by atoms with Gasteiger partial charge in [-0.15, -0.1) is 0 Å². The molecular formula is C26H31N3O6. The minimum atomic E-state index is -1.16. The maximum Gasteiger partial charge on any atom is 0.407 e. The fraction of sp³-hybridized carbons (Fsp3) is 0.346. The number of carbonyl (C=O) groups is 3. The quantitative estimate of drug-likeness (QED) is 0.427. The number of amides is 2. The minimum absolute atomic E-state index is 0.0298. The highest BCUT2D eigenvalue weighted by Crippen LogP contribution is 2.22. The van der Waals surface area contributed by atoms with Gasteiger partial charge in [0.2, 0.25) is 0 Å². The highest BCUT2D eigenvalue weighted by atomic mass is 16.6. The lowest BCUT2D eigenvalue weighted by Gasteiger charge is -2.28. The Kier molecular flexibility index (Phi) is 8.01. The molecule has 1 heterocycles. The first-order valence-electron chi connectivity index (χ1n) is 11.3. The van der Waals surface area contributed by atoms with Gasteiger partial charge in [0.25, 0.3) is 5.91 Å². The molecule has 1 atom stereocenters. The molecule has 2 aromatic carbocycles. The van der Waals surface area contributed by atoms with E-state index in [1.54, 1.807) is 52.1 Å². The van der Waals surface area contributed by atoms with Crippen LogP contribution in [0.15, 0.2) is 54.6 Å². The van der Waals surface area contributed by atoms with Gasteiger partial charge in [0, 0.05) is 17.4 Å². The number of rotatable bonds is 9. The van der Waals surface area contributed by atoms with Crippen molar-refractivity contribution < 1.29 is 29.0 Å². The van der Waals surface area contributed by atoms with Gasteiger partial charge in [0.05, 0.1) is 13.2 Å². The second-order valence-corrected chi connectivity index (χ2v) is 9.25. The number of aliphatic carboxylic acids is 1. The molecule has 0 saturated heterocycles. The summed E-state index contributed by atoms with van der Waals surface area (Å²) in [6.45, 7) is 4.70. The van der Waals surface area contributed by atoms with Gasteiger partial charge in [0.15, 0.2) is 0 Å². The van der Waals surface area contributed by atoms with Crippen LogP contribution in [0.3, 0.4) is 0 Å². The monoisotopic (exact) mass is 481 g/mol. The van der Waals surface area contributed by atoms with Gasteiger partial charge in [-0.1, -0.05) is 30.3 Å². The van der Waals surface area contributed by atoms with Crippen LogP contribution in [0.2, 0.25) is 0 Å². The van der Waals surface area contributed by atoms with E-state index in [-0.39, 0.29) is 12.2 Å². The van der Waals surface area contributed by atoms with E-state index >= 15 is 0 Å². The molecule has 3 N–H and O–H groups in total. The standard InChI is InChI=1S/C26H31N3O6/c1-26(2,3)35-25(33)27-19(12-17-8-6-5-7-9-17)15-29(16-23(30)31)24(32)22-14-18-13-20(34-4)10-11-21(18)28-22/h5-11,13-14,19,28H,12,15-16H2,1-4H3,(H,27,33)(H,30,31)/t19-/m0/s1. The van der Waals surface area contributed by atoms with Crippen LogP contribution in [0.5, 0.6) is 5.75 Å². The number of benzene rings is 2. The first-order chi connectivity index (χ1) is 16.5. The van der Waals surface area contributed by atoms with Gasteiger partial charge in [-0.25, -0.2) is 4.79 Å². The highest BCUT2D eigenvalue weighted by molar-refractivity contribution is 5.99. The zero-order chi connectivity index (χ0) is 25.6. The molecule has 35 heavy (non-hydrogen) atoms. The number of carbonyl (C=O) groups excluding carboxylic acids is 2. The normalized spacial score (nSPS) is 12.1. The molecule has 2 amide bonds. The first kappa shape index (κ1) is 25.6. The predicted molar refractivity (Wildman–Crippen MR) is 132 cm³/mol. The summed E-state index contributed by atoms with van der Waals surface area (Å²) in [4.78, 5) is 41.7. The number of carboxylic acid groups (broad SMARTS) is 1. The molecule has 0 bridgehead atoms. The van der Waals surface area contributed by atoms with Gasteiger partial charge in [-0.2, -0.15) is 0 Å². The predicted octanol–water partition coefficient (Wildman–Crippen LogP) is 3.84. The zero-order valence-corrected chi connectivity index (χ0v) is 20.3. The fourth-order valence-electron chi connectivity index (χ4n) is 3.71. The molecule has 9 nitrogen and oxygen atoms in total. The lowest BCUT2D eigenvalue weighted by atomic mass is 10.1. The average molecular weight is 482 g/mol. The molecule has 0 aliphatic rings. The van der Waals surface area contributed by atoms with Crippen molar-refractivity contribution in [3.05, 3.63) is 65.9 Å². The van der Waals surface area contributed by atoms with Gasteiger partial charge in [-0.3, -0.25) is 9.59 Å². The Morgan fingerprint density at radius 1 is 1.09 bits per heavy atom. The van der Waals surface area contributed by atoms with Gasteiger partial charge in [0.1, 0.15) is 23.6 Å². The van der Waals surface area contributed by atoms with Crippen LogP contribution in [-0.2, 0) is 16.0 Å². The van der Waals surface area contributed by atoms with Crippen LogP contribution in [0.25, 0.3) is 10.9 Å². The molecule has 0 saturated carbocycles. The number of hydrogen-bond donors (Lipinski definition) is 3. The van der Waals surface area contributed by atoms with Crippen molar-refractivity contribution in [3.63, 3.8) is 0 Å². The highest BCUT2D eigenvalue weighted by Gasteiger charge is 2.26. The Balaban J connectivity index is 1.86. The van der Waals surface area contributed by atoms with Gasteiger partial charge >= 0.3 is 12.1 Å². The van der Waals surface area contributed by atoms with Crippen molar-refractivity contribution in [2.24, 2.45) is 0 Å². The van der Waals surface area contributed by atoms with Gasteiger partial charge < -0.3 is 29.8 Å². The third-order valence-electron chi connectivity index (χ3n) is 5.16. The summed E-state index contributed by atoms with van der Waals surface area (Å²) in [5.41, 5.74) is 1.18. The van der Waals surface area contributed by atoms with Crippen LogP contribution in [0.4, 0.5) is 4.79 Å². The van der Waals surface area contributed by atoms with Crippen LogP contribution in [0.1, 0.15) is 36.8 Å². The number of aromatic amines is 1. The number of hydrogen-bond acceptors (Lipinski definition) is 5. The number of methoxy groups -OCH3 is 1. The molecule has 0 aliphatic heterocycles. The third kappa shape index (κ3) is 7.49. The number of nitrogens with zero attached hydrogens (tertiary/aromatic N) is 1. The van der Waals surface area contributed by atoms with Crippen LogP contribution in [-0.4, -0.2) is 64.8 Å². The number of carboxylic acids is 1. The molecule has 3 rings (SSSR count). The fourth-order valence-corrected chi connectivity index (χ4v) is 3.71. The van der Waals surface area contributed by atoms with E-state index < -0.39 is 36.2 Å². The molecular weight excluding hydrogens is 450 g/mol. The summed E-state index contributed by atoms with van der Waals surface area (Å²) in [7, 11) is 1.55. The Bertz CT molecular complexity index is 1180. The summed E-state index contributed by atoms with van der Waals surface area (Å²) in [6, 6.07) is 15.8. The molecule has 186 valence electrons. The Labute approximate surface area is 204 Å². The number of ether oxygens (including phenoxy) is 2. The van der Waals surface area contributed by atoms with E-state index in [2.05, 4.69) is 10.3 Å². The summed E-state index contributed by atoms with van der Waals surface area (Å²) >= 11 is 0. The third-order valence-corrected chi connectivity index (χ3v) is 5.16. The van der Waals surface area contributed by atoms with Crippen LogP contribution < -0.4 is 10.1 Å². The molecule has 0 spiro atoms. The summed E-state index contributed by atoms with van der Waals surface area (Å²) in [5.74, 6) is -1.01. The molecule has 3 aromatic rings. The van der Waals surface area contributed by atoms with E-state index in [0.717, 1.165) is 16.5 Å². The maximum atomic E-state index is 13.4. The SMILES string of the molecule is COc1ccc2[nH]c(C(=O)N(CC(=O)O)C[C@H](Cc3ccccc3)NC(=O)OC(C)(C)C)cc2c1. The Hall–Kier alpha value is -4.01. The summed E-state index contributed by atoms with van der Waals surface area (Å²) < 4.78 is 10.6. The average Bonchev–Trinajstić information content (AvgIpc) is 3.20. The lowest BCUT2D eigenvalue weighted by Crippen LogP contribution is -2.49. The summed E-state index contributed by atoms with van der Waals surface area (Å²) in [6.07, 6.45) is -0.258. The van der Waals surface area contributed by atoms with E-state index in [4.69, 9.17) is 9.47 Å². The van der Waals surface area contributed by atoms with Crippen molar-refractivity contribution in [1.82, 2.24) is 15.2 Å². The molecule has 9 heteroatoms. The first-order valence-corrected chi connectivity index (χ1v) is 11.3. The smallest absolute Gasteiger partial charge is 0.407 e.